The van der Waals surface area contributed by atoms with Gasteiger partial charge in [-0.05, 0) is 17.5 Å². The van der Waals surface area contributed by atoms with E-state index in [0.29, 0.717) is 17.2 Å². The number of anilines is 1. The van der Waals surface area contributed by atoms with Crippen molar-refractivity contribution in [3.05, 3.63) is 53.0 Å². The molecule has 0 unspecified atom stereocenters. The standard InChI is InChI=1S/C14H16F2N4/c1-8(2)12-7-14(20-17)19-13(18-12)5-9-3-4-10(15)6-11(9)16/h3-4,6-8H,5,17H2,1-2H3,(H,18,19,20). The Balaban J connectivity index is 2.34. The Kier molecular flexibility index (Phi) is 4.24. The lowest BCUT2D eigenvalue weighted by molar-refractivity contribution is 0.573. The van der Waals surface area contributed by atoms with E-state index in [1.54, 1.807) is 6.07 Å². The molecule has 0 saturated heterocycles. The third kappa shape index (κ3) is 3.27. The summed E-state index contributed by atoms with van der Waals surface area (Å²) in [5, 5.41) is 0. The average molecular weight is 278 g/mol. The number of nitrogens with two attached hydrogens (primary N) is 1. The molecule has 0 radical (unpaired) electrons. The quantitative estimate of drug-likeness (QED) is 0.666. The number of hydrogen-bond donors (Lipinski definition) is 2. The van der Waals surface area contributed by atoms with Crippen LogP contribution in [0.5, 0.6) is 0 Å². The van der Waals surface area contributed by atoms with Crippen LogP contribution in [0, 0.1) is 11.6 Å². The first-order valence-electron chi connectivity index (χ1n) is 6.28. The van der Waals surface area contributed by atoms with Gasteiger partial charge in [0.1, 0.15) is 23.3 Å². The van der Waals surface area contributed by atoms with E-state index < -0.39 is 11.6 Å². The maximum absolute atomic E-state index is 13.6. The molecule has 0 spiro atoms. The van der Waals surface area contributed by atoms with Gasteiger partial charge in [0, 0.05) is 24.2 Å². The maximum atomic E-state index is 13.6. The molecule has 0 amide bonds. The van der Waals surface area contributed by atoms with Crippen molar-refractivity contribution in [2.45, 2.75) is 26.2 Å². The summed E-state index contributed by atoms with van der Waals surface area (Å²) < 4.78 is 26.5. The van der Waals surface area contributed by atoms with Gasteiger partial charge in [0.15, 0.2) is 0 Å². The average Bonchev–Trinajstić information content (AvgIpc) is 2.41. The van der Waals surface area contributed by atoms with Gasteiger partial charge < -0.3 is 5.43 Å². The van der Waals surface area contributed by atoms with Gasteiger partial charge in [0.2, 0.25) is 0 Å². The summed E-state index contributed by atoms with van der Waals surface area (Å²) in [6.07, 6.45) is 0.182. The highest BCUT2D eigenvalue weighted by Gasteiger charge is 2.11. The fourth-order valence-corrected chi connectivity index (χ4v) is 1.80. The monoisotopic (exact) mass is 278 g/mol. The van der Waals surface area contributed by atoms with Crippen molar-refractivity contribution in [1.29, 1.82) is 0 Å². The third-order valence-electron chi connectivity index (χ3n) is 2.90. The van der Waals surface area contributed by atoms with Gasteiger partial charge >= 0.3 is 0 Å². The first-order valence-corrected chi connectivity index (χ1v) is 6.28. The van der Waals surface area contributed by atoms with Crippen molar-refractivity contribution in [3.8, 4) is 0 Å². The second-order valence-electron chi connectivity index (χ2n) is 4.81. The van der Waals surface area contributed by atoms with Crippen molar-refractivity contribution < 1.29 is 8.78 Å². The molecular weight excluding hydrogens is 262 g/mol. The fourth-order valence-electron chi connectivity index (χ4n) is 1.80. The molecule has 1 aromatic carbocycles. The minimum absolute atomic E-state index is 0.182. The number of nitrogens with zero attached hydrogens (tertiary/aromatic N) is 2. The summed E-state index contributed by atoms with van der Waals surface area (Å²) in [6, 6.07) is 5.21. The van der Waals surface area contributed by atoms with Crippen LogP contribution in [-0.2, 0) is 6.42 Å². The molecular formula is C14H16F2N4. The number of hydrazine groups is 1. The Morgan fingerprint density at radius 3 is 2.55 bits per heavy atom. The Labute approximate surface area is 116 Å². The van der Waals surface area contributed by atoms with Gasteiger partial charge in [-0.2, -0.15) is 0 Å². The number of rotatable bonds is 4. The molecule has 0 fully saturated rings. The van der Waals surface area contributed by atoms with Crippen LogP contribution in [0.3, 0.4) is 0 Å². The Bertz CT molecular complexity index is 614. The molecule has 0 aliphatic carbocycles. The van der Waals surface area contributed by atoms with Gasteiger partial charge in [0.05, 0.1) is 0 Å². The van der Waals surface area contributed by atoms with Gasteiger partial charge in [-0.1, -0.05) is 19.9 Å². The number of hydrogen-bond acceptors (Lipinski definition) is 4. The van der Waals surface area contributed by atoms with Gasteiger partial charge in [0.25, 0.3) is 0 Å². The predicted molar refractivity (Wildman–Crippen MR) is 73.1 cm³/mol. The number of halogens is 2. The molecule has 20 heavy (non-hydrogen) atoms. The van der Waals surface area contributed by atoms with Gasteiger partial charge in [-0.25, -0.2) is 24.6 Å². The number of benzene rings is 1. The minimum Gasteiger partial charge on any atom is -0.308 e. The Morgan fingerprint density at radius 2 is 1.95 bits per heavy atom. The smallest absolute Gasteiger partial charge is 0.143 e. The van der Waals surface area contributed by atoms with Gasteiger partial charge in [-0.15, -0.1) is 0 Å². The Morgan fingerprint density at radius 1 is 1.20 bits per heavy atom. The molecule has 2 rings (SSSR count). The summed E-state index contributed by atoms with van der Waals surface area (Å²) in [4.78, 5) is 8.56. The highest BCUT2D eigenvalue weighted by molar-refractivity contribution is 5.36. The lowest BCUT2D eigenvalue weighted by Crippen LogP contribution is -2.12. The van der Waals surface area contributed by atoms with E-state index in [0.717, 1.165) is 11.8 Å². The molecule has 6 heteroatoms. The second kappa shape index (κ2) is 5.92. The SMILES string of the molecule is CC(C)c1cc(NN)nc(Cc2ccc(F)cc2F)n1. The number of aromatic nitrogens is 2. The summed E-state index contributed by atoms with van der Waals surface area (Å²) in [5.41, 5.74) is 3.62. The second-order valence-corrected chi connectivity index (χ2v) is 4.81. The number of nitrogens with one attached hydrogen (secondary N) is 1. The van der Waals surface area contributed by atoms with E-state index in [1.165, 1.54) is 12.1 Å². The molecule has 0 bridgehead atoms. The molecule has 1 heterocycles. The molecule has 1 aromatic heterocycles. The highest BCUT2D eigenvalue weighted by atomic mass is 19.1. The van der Waals surface area contributed by atoms with Crippen LogP contribution in [0.4, 0.5) is 14.6 Å². The fraction of sp³-hybridized carbons (Fsp3) is 0.286. The van der Waals surface area contributed by atoms with Crippen molar-refractivity contribution in [3.63, 3.8) is 0 Å². The van der Waals surface area contributed by atoms with Crippen LogP contribution in [-0.4, -0.2) is 9.97 Å². The maximum Gasteiger partial charge on any atom is 0.143 e. The molecule has 0 aliphatic rings. The zero-order valence-corrected chi connectivity index (χ0v) is 11.3. The molecule has 0 aliphatic heterocycles. The first-order chi connectivity index (χ1) is 9.49. The molecule has 0 saturated carbocycles. The minimum atomic E-state index is -0.606. The molecule has 4 nitrogen and oxygen atoms in total. The van der Waals surface area contributed by atoms with E-state index in [2.05, 4.69) is 15.4 Å². The van der Waals surface area contributed by atoms with Crippen LogP contribution in [0.25, 0.3) is 0 Å². The lowest BCUT2D eigenvalue weighted by Gasteiger charge is -2.10. The van der Waals surface area contributed by atoms with Gasteiger partial charge in [-0.3, -0.25) is 0 Å². The largest absolute Gasteiger partial charge is 0.308 e. The van der Waals surface area contributed by atoms with Crippen LogP contribution in [0.15, 0.2) is 24.3 Å². The third-order valence-corrected chi connectivity index (χ3v) is 2.90. The van der Waals surface area contributed by atoms with Crippen molar-refractivity contribution in [2.24, 2.45) is 5.84 Å². The predicted octanol–water partition coefficient (Wildman–Crippen LogP) is 2.75. The molecule has 106 valence electrons. The van der Waals surface area contributed by atoms with Crippen LogP contribution in [0.1, 0.15) is 36.8 Å². The number of nitrogen functional groups attached to an aromatic ring is 1. The van der Waals surface area contributed by atoms with Crippen molar-refractivity contribution in [2.75, 3.05) is 5.43 Å². The summed E-state index contributed by atoms with van der Waals surface area (Å²) in [7, 11) is 0. The molecule has 3 N–H and O–H groups in total. The van der Waals surface area contributed by atoms with E-state index in [-0.39, 0.29) is 12.3 Å². The highest BCUT2D eigenvalue weighted by Crippen LogP contribution is 2.18. The van der Waals surface area contributed by atoms with E-state index in [1.807, 2.05) is 13.8 Å². The van der Waals surface area contributed by atoms with E-state index in [9.17, 15) is 8.78 Å². The summed E-state index contributed by atoms with van der Waals surface area (Å²) >= 11 is 0. The van der Waals surface area contributed by atoms with Crippen LogP contribution < -0.4 is 11.3 Å². The van der Waals surface area contributed by atoms with Crippen molar-refractivity contribution in [1.82, 2.24) is 9.97 Å². The van der Waals surface area contributed by atoms with E-state index in [4.69, 9.17) is 5.84 Å². The van der Waals surface area contributed by atoms with Crippen LogP contribution >= 0.6 is 0 Å². The van der Waals surface area contributed by atoms with Crippen molar-refractivity contribution >= 4 is 5.82 Å². The topological polar surface area (TPSA) is 63.8 Å². The zero-order valence-electron chi connectivity index (χ0n) is 11.3. The molecule has 2 aromatic rings. The van der Waals surface area contributed by atoms with E-state index >= 15 is 0 Å². The molecule has 0 atom stereocenters. The summed E-state index contributed by atoms with van der Waals surface area (Å²) in [5.74, 6) is 5.27. The lowest BCUT2D eigenvalue weighted by atomic mass is 10.1. The first kappa shape index (κ1) is 14.3. The zero-order chi connectivity index (χ0) is 14.7. The normalized spacial score (nSPS) is 10.9. The Hall–Kier alpha value is -2.08. The van der Waals surface area contributed by atoms with Crippen LogP contribution in [0.2, 0.25) is 0 Å². The summed E-state index contributed by atoms with van der Waals surface area (Å²) in [6.45, 7) is 3.98.